The molecule has 11 rings (SSSR count). The lowest BCUT2D eigenvalue weighted by molar-refractivity contribution is -0.145. The van der Waals surface area contributed by atoms with Gasteiger partial charge in [0.2, 0.25) is 35.4 Å². The van der Waals surface area contributed by atoms with E-state index < -0.39 is 59.1 Å². The fraction of sp³-hybridized carbons (Fsp3) is 0.444. The summed E-state index contributed by atoms with van der Waals surface area (Å²) in [7, 11) is 3.48. The number of aryl methyl sites for hydroxylation is 2. The zero-order chi connectivity index (χ0) is 76.5. The quantitative estimate of drug-likeness (QED) is 0.0164. The third-order valence-corrected chi connectivity index (χ3v) is 23.3. The van der Waals surface area contributed by atoms with Crippen LogP contribution in [0.3, 0.4) is 0 Å². The fourth-order valence-electron chi connectivity index (χ4n) is 17.2. The lowest BCUT2D eigenvalue weighted by Crippen LogP contribution is -2.62. The number of hydrogen-bond donors (Lipinski definition) is 9. The van der Waals surface area contributed by atoms with Crippen molar-refractivity contribution in [3.8, 4) is 0 Å². The van der Waals surface area contributed by atoms with Gasteiger partial charge in [-0.25, -0.2) is 0 Å². The Labute approximate surface area is 644 Å². The maximum absolute atomic E-state index is 15.4. The van der Waals surface area contributed by atoms with Crippen LogP contribution in [0.4, 0.5) is 0 Å². The molecular weight excluding hydrogens is 1360 g/mol. The monoisotopic (exact) mass is 1480 g/mol. The van der Waals surface area contributed by atoms with Crippen molar-refractivity contribution in [3.05, 3.63) is 251 Å². The number of carbonyl (C=O) groups is 8. The number of nitrogens with zero attached hydrogens (tertiary/aromatic N) is 2. The van der Waals surface area contributed by atoms with Crippen molar-refractivity contribution in [3.63, 3.8) is 0 Å². The number of ketones is 1. The number of benzene rings is 7. The molecule has 19 heteroatoms. The zero-order valence-electron chi connectivity index (χ0n) is 64.0. The highest BCUT2D eigenvalue weighted by Crippen LogP contribution is 2.40. The molecule has 109 heavy (non-hydrogen) atoms. The Morgan fingerprint density at radius 3 is 1.27 bits per heavy atom. The van der Waals surface area contributed by atoms with Gasteiger partial charge in [0.1, 0.15) is 29.7 Å². The molecule has 0 spiro atoms. The number of fused-ring (bicyclic) bond motifs is 2. The second-order valence-electron chi connectivity index (χ2n) is 30.2. The number of unbranched alkanes of at least 4 members (excludes halogenated alkanes) is 3. The van der Waals surface area contributed by atoms with Crippen LogP contribution in [0.1, 0.15) is 168 Å². The molecular formula is C90H113N11O8. The van der Waals surface area contributed by atoms with E-state index in [4.69, 9.17) is 0 Å². The van der Waals surface area contributed by atoms with Gasteiger partial charge in [0.15, 0.2) is 11.3 Å². The molecule has 1 unspecified atom stereocenters. The van der Waals surface area contributed by atoms with Crippen molar-refractivity contribution in [1.29, 1.82) is 0 Å². The zero-order valence-corrected chi connectivity index (χ0v) is 64.0. The molecule has 19 nitrogen and oxygen atoms in total. The summed E-state index contributed by atoms with van der Waals surface area (Å²) in [5.41, 5.74) is 3.84. The van der Waals surface area contributed by atoms with Crippen LogP contribution in [0, 0.1) is 11.8 Å². The van der Waals surface area contributed by atoms with Crippen LogP contribution in [-0.4, -0.2) is 139 Å². The molecule has 0 radical (unpaired) electrons. The van der Waals surface area contributed by atoms with Crippen molar-refractivity contribution in [1.82, 2.24) is 57.7 Å². The largest absolute Gasteiger partial charge is 0.353 e. The molecule has 0 bridgehead atoms. The maximum atomic E-state index is 15.4. The third kappa shape index (κ3) is 19.7. The smallest absolute Gasteiger partial charge is 0.255 e. The van der Waals surface area contributed by atoms with E-state index in [1.807, 2.05) is 172 Å². The number of amides is 7. The predicted molar refractivity (Wildman–Crippen MR) is 427 cm³/mol. The summed E-state index contributed by atoms with van der Waals surface area (Å²) < 4.78 is 0. The second kappa shape index (κ2) is 39.6. The molecule has 7 aromatic rings. The molecule has 9 N–H and O–H groups in total. The number of rotatable bonds is 38. The second-order valence-corrected chi connectivity index (χ2v) is 30.2. The van der Waals surface area contributed by atoms with Crippen LogP contribution in [0.15, 0.2) is 206 Å². The van der Waals surface area contributed by atoms with E-state index in [1.54, 1.807) is 23.9 Å². The highest BCUT2D eigenvalue weighted by molar-refractivity contribution is 6.01. The Bertz CT molecular complexity index is 4000. The number of carbonyl (C=O) groups excluding carboxylic acids is 8. The van der Waals surface area contributed by atoms with Gasteiger partial charge in [-0.1, -0.05) is 227 Å². The highest BCUT2D eigenvalue weighted by Gasteiger charge is 2.53. The lowest BCUT2D eigenvalue weighted by Gasteiger charge is -2.38. The van der Waals surface area contributed by atoms with Crippen molar-refractivity contribution in [2.45, 2.75) is 208 Å². The van der Waals surface area contributed by atoms with E-state index in [0.717, 1.165) is 43.2 Å². The molecule has 4 aliphatic heterocycles. The third-order valence-electron chi connectivity index (χ3n) is 23.3. The van der Waals surface area contributed by atoms with Crippen LogP contribution in [0.5, 0.6) is 0 Å². The summed E-state index contributed by atoms with van der Waals surface area (Å²) in [6.45, 7) is 6.62. The highest BCUT2D eigenvalue weighted by atomic mass is 16.2. The molecule has 0 saturated carbocycles. The standard InChI is InChI=1S/C90H113N11O8/c1-5-75(91-3)82(103)96-80-67(57-59-93-60-65-32-15-7-16-33-65)49-51-73-53-56-78(100(73)86(80)107)85(106)99-90(71-40-23-12-24-41-71,72-42-25-13-26-43-72)88(109)95-58-29-28-31-64-47-45-63(46-48-64)30-14-9-27-44-79(102)89(69-36-19-10-20-37-69,70-38-21-11-22-39-70)98-84(105)77-55-54-74-52-50-68(62-94-61-66-34-17-8-18-35-66)81(87(108)101(74)77)97-83(104)76(6-2)92-4/h7-8,10-13,15-26,32-43,45-48,67-68,73-78,80-81,91-94H,5-6,9,14,27-31,44,49-62H2,1-4H3,(H,95,109)(H,96,103)(H,97,104)(H,98,105)(H,99,106)/t67-,68-,73+,74+,75+,76+,77+,78?,80+,81+/m1/s1. The predicted octanol–water partition coefficient (Wildman–Crippen LogP) is 10.4. The Morgan fingerprint density at radius 2 is 0.817 bits per heavy atom. The van der Waals surface area contributed by atoms with Gasteiger partial charge in [-0.2, -0.15) is 0 Å². The van der Waals surface area contributed by atoms with Crippen LogP contribution < -0.4 is 47.9 Å². The Hall–Kier alpha value is -9.66. The summed E-state index contributed by atoms with van der Waals surface area (Å²) >= 11 is 0. The molecule has 576 valence electrons. The lowest BCUT2D eigenvalue weighted by atomic mass is 9.77. The number of Topliss-reactive ketones (excluding diaryl/α,β-unsaturated/α-hetero) is 1. The summed E-state index contributed by atoms with van der Waals surface area (Å²) in [4.78, 5) is 123. The average molecular weight is 1480 g/mol. The normalized spacial score (nSPS) is 20.5. The van der Waals surface area contributed by atoms with Crippen LogP contribution in [-0.2, 0) is 75.4 Å². The Morgan fingerprint density at radius 1 is 0.422 bits per heavy atom. The topological polar surface area (TPSA) is 251 Å². The minimum atomic E-state index is -1.66. The maximum Gasteiger partial charge on any atom is 0.255 e. The van der Waals surface area contributed by atoms with Gasteiger partial charge in [0.25, 0.3) is 5.91 Å². The van der Waals surface area contributed by atoms with E-state index in [2.05, 4.69) is 96.4 Å². The summed E-state index contributed by atoms with van der Waals surface area (Å²) in [6, 6.07) is 61.5. The number of likely N-dealkylation sites (N-methyl/N-ethyl adjacent to an activating group) is 2. The Kier molecular flexibility index (Phi) is 29.2. The molecule has 10 atom stereocenters. The van der Waals surface area contributed by atoms with E-state index >= 15 is 28.8 Å². The number of hydrogen-bond acceptors (Lipinski definition) is 12. The summed E-state index contributed by atoms with van der Waals surface area (Å²) in [5, 5.41) is 29.5. The summed E-state index contributed by atoms with van der Waals surface area (Å²) in [5.74, 6) is -2.82. The molecule has 0 aromatic heterocycles. The van der Waals surface area contributed by atoms with Crippen molar-refractivity contribution < 1.29 is 38.4 Å². The molecule has 4 saturated heterocycles. The minimum absolute atomic E-state index is 0.143. The molecule has 4 fully saturated rings. The van der Waals surface area contributed by atoms with E-state index in [-0.39, 0.29) is 65.7 Å². The van der Waals surface area contributed by atoms with Gasteiger partial charge in [-0.05, 0) is 180 Å². The SMILES string of the molecule is CC[C@H](NC)C(=O)N[C@@H]1C(=O)N2C(C(=O)NC(C(=O)NCCCCc3ccc(CCCCCC(=O)C(NC(=O)[C@@H]4CC[C@@H]5CC[C@H](CNCc6ccccc6)[C@H](NC(=O)[C@H](CC)NC)C(=O)N54)(c4ccccc4)c4ccccc4)cc3)(c3ccccc3)c3ccccc3)CC[C@@H]2CC[C@@H]1CCNCc1ccccc1. The molecule has 4 heterocycles. The Balaban J connectivity index is 0.702. The van der Waals surface area contributed by atoms with Gasteiger partial charge >= 0.3 is 0 Å². The first-order chi connectivity index (χ1) is 53.2. The van der Waals surface area contributed by atoms with Gasteiger partial charge in [-0.15, -0.1) is 0 Å². The first-order valence-corrected chi connectivity index (χ1v) is 40.1. The van der Waals surface area contributed by atoms with Gasteiger partial charge in [-0.3, -0.25) is 38.4 Å². The first-order valence-electron chi connectivity index (χ1n) is 40.1. The van der Waals surface area contributed by atoms with Gasteiger partial charge < -0.3 is 57.7 Å². The first kappa shape index (κ1) is 80.4. The van der Waals surface area contributed by atoms with Crippen LogP contribution in [0.2, 0.25) is 0 Å². The van der Waals surface area contributed by atoms with Crippen molar-refractivity contribution >= 4 is 47.1 Å². The van der Waals surface area contributed by atoms with Crippen molar-refractivity contribution in [2.75, 3.05) is 33.7 Å². The van der Waals surface area contributed by atoms with E-state index in [0.29, 0.717) is 138 Å². The van der Waals surface area contributed by atoms with E-state index in [1.165, 1.54) is 11.1 Å². The van der Waals surface area contributed by atoms with Gasteiger partial charge in [0, 0.05) is 50.6 Å². The minimum Gasteiger partial charge on any atom is -0.353 e. The molecule has 7 amide bonds. The number of nitrogens with one attached hydrogen (secondary N) is 9. The fourth-order valence-corrected chi connectivity index (χ4v) is 17.2. The van der Waals surface area contributed by atoms with Gasteiger partial charge in [0.05, 0.1) is 12.1 Å². The molecule has 7 aromatic carbocycles. The molecule has 0 aliphatic carbocycles. The summed E-state index contributed by atoms with van der Waals surface area (Å²) in [6.07, 6.45) is 12.0. The van der Waals surface area contributed by atoms with Crippen LogP contribution >= 0.6 is 0 Å². The van der Waals surface area contributed by atoms with Crippen LogP contribution in [0.25, 0.3) is 0 Å². The van der Waals surface area contributed by atoms with E-state index in [9.17, 15) is 9.59 Å². The average Bonchev–Trinajstić information content (AvgIpc) is 1.65. The molecule has 4 aliphatic rings. The van der Waals surface area contributed by atoms with Crippen molar-refractivity contribution in [2.24, 2.45) is 11.8 Å².